The highest BCUT2D eigenvalue weighted by Gasteiger charge is 2.57. The molecule has 0 aliphatic carbocycles. The van der Waals surface area contributed by atoms with E-state index in [0.717, 1.165) is 32.1 Å². The van der Waals surface area contributed by atoms with E-state index in [1.807, 2.05) is 0 Å². The largest absolute Gasteiger partial charge is 0.453 e. The van der Waals surface area contributed by atoms with Crippen molar-refractivity contribution in [2.45, 2.75) is 82.8 Å². The molecule has 0 radical (unpaired) electrons. The number of rotatable bonds is 14. The Balaban J connectivity index is 4.85. The summed E-state index contributed by atoms with van der Waals surface area (Å²) in [5.41, 5.74) is 0. The third-order valence-electron chi connectivity index (χ3n) is 4.48. The Kier molecular flexibility index (Phi) is 11.1. The average molecular weight is 378 g/mol. The molecule has 0 fully saturated rings. The molecule has 0 aromatic rings. The minimum absolute atomic E-state index is 0.385. The fourth-order valence-corrected chi connectivity index (χ4v) is 2.92. The summed E-state index contributed by atoms with van der Waals surface area (Å²) in [6.45, 7) is 2.10. The first-order valence-corrected chi connectivity index (χ1v) is 8.70. The zero-order valence-corrected chi connectivity index (χ0v) is 15.6. The molecule has 152 valence electrons. The highest BCUT2D eigenvalue weighted by Crippen LogP contribution is 2.42. The molecule has 0 spiro atoms. The Morgan fingerprint density at radius 3 is 1.64 bits per heavy atom. The molecule has 1 atom stereocenters. The molecule has 1 unspecified atom stereocenters. The van der Waals surface area contributed by atoms with Crippen molar-refractivity contribution >= 4 is 0 Å². The van der Waals surface area contributed by atoms with E-state index in [2.05, 4.69) is 6.92 Å². The van der Waals surface area contributed by atoms with Crippen LogP contribution in [0.25, 0.3) is 0 Å². The first-order valence-electron chi connectivity index (χ1n) is 8.70. The molecule has 0 rings (SSSR count). The Hall–Kier alpha value is -0.470. The van der Waals surface area contributed by atoms with Gasteiger partial charge in [-0.2, -0.15) is 22.0 Å². The molecule has 3 nitrogen and oxygen atoms in total. The van der Waals surface area contributed by atoms with Gasteiger partial charge in [-0.1, -0.05) is 45.4 Å². The average Bonchev–Trinajstić information content (AvgIpc) is 2.55. The maximum atomic E-state index is 13.3. The van der Waals surface area contributed by atoms with Crippen LogP contribution in [0.3, 0.4) is 0 Å². The topological polar surface area (TPSA) is 27.7 Å². The Labute approximate surface area is 147 Å². The van der Waals surface area contributed by atoms with Crippen molar-refractivity contribution < 1.29 is 36.2 Å². The lowest BCUT2D eigenvalue weighted by molar-refractivity contribution is -0.382. The van der Waals surface area contributed by atoms with Crippen LogP contribution in [0.15, 0.2) is 0 Å². The molecular weight excluding hydrogens is 347 g/mol. The smallest absolute Gasteiger partial charge is 0.331 e. The second kappa shape index (κ2) is 11.3. The quantitative estimate of drug-likeness (QED) is 0.213. The number of unbranched alkanes of at least 4 members (excludes halogenated alkanes) is 5. The van der Waals surface area contributed by atoms with Gasteiger partial charge in [0.1, 0.15) is 0 Å². The lowest BCUT2D eigenvalue weighted by atomic mass is 9.91. The van der Waals surface area contributed by atoms with Crippen molar-refractivity contribution in [3.63, 3.8) is 0 Å². The summed E-state index contributed by atoms with van der Waals surface area (Å²) in [5.74, 6) is -7.09. The third kappa shape index (κ3) is 7.74. The molecule has 0 aromatic carbocycles. The number of hydrogen-bond acceptors (Lipinski definition) is 3. The van der Waals surface area contributed by atoms with Crippen LogP contribution in [0.2, 0.25) is 0 Å². The molecule has 0 aliphatic rings. The maximum Gasteiger partial charge on any atom is 0.453 e. The number of halogens is 5. The van der Waals surface area contributed by atoms with Gasteiger partial charge < -0.3 is 14.2 Å². The zero-order chi connectivity index (χ0) is 19.6. The van der Waals surface area contributed by atoms with Crippen molar-refractivity contribution in [1.29, 1.82) is 0 Å². The second-order valence-corrected chi connectivity index (χ2v) is 6.21. The van der Waals surface area contributed by atoms with Crippen LogP contribution >= 0.6 is 0 Å². The molecule has 0 heterocycles. The van der Waals surface area contributed by atoms with Crippen molar-refractivity contribution in [2.75, 3.05) is 21.3 Å². The van der Waals surface area contributed by atoms with E-state index >= 15 is 0 Å². The fourth-order valence-electron chi connectivity index (χ4n) is 2.92. The summed E-state index contributed by atoms with van der Waals surface area (Å²) in [6.07, 6.45) is -1.05. The predicted molar refractivity (Wildman–Crippen MR) is 85.5 cm³/mol. The highest BCUT2D eigenvalue weighted by molar-refractivity contribution is 4.80. The predicted octanol–water partition coefficient (Wildman–Crippen LogP) is 5.92. The molecular formula is C17H31F5O3. The maximum absolute atomic E-state index is 13.3. The zero-order valence-electron chi connectivity index (χ0n) is 15.6. The molecule has 0 saturated heterocycles. The van der Waals surface area contributed by atoms with Gasteiger partial charge in [-0.25, -0.2) is 0 Å². The van der Waals surface area contributed by atoms with E-state index in [-0.39, 0.29) is 0 Å². The van der Waals surface area contributed by atoms with Gasteiger partial charge in [0.25, 0.3) is 5.97 Å². The number of ether oxygens (including phenoxy) is 3. The number of hydrogen-bond donors (Lipinski definition) is 0. The Bertz CT molecular complexity index is 335. The number of alkyl halides is 5. The monoisotopic (exact) mass is 378 g/mol. The van der Waals surface area contributed by atoms with Gasteiger partial charge in [-0.05, 0) is 12.8 Å². The molecule has 0 aromatic heterocycles. The summed E-state index contributed by atoms with van der Waals surface area (Å²) < 4.78 is 79.3. The fraction of sp³-hybridized carbons (Fsp3) is 1.00. The van der Waals surface area contributed by atoms with Gasteiger partial charge in [0.05, 0.1) is 0 Å². The Morgan fingerprint density at radius 2 is 1.20 bits per heavy atom. The van der Waals surface area contributed by atoms with Crippen LogP contribution in [0, 0.1) is 5.92 Å². The van der Waals surface area contributed by atoms with Gasteiger partial charge in [0.2, 0.25) is 0 Å². The number of methoxy groups -OCH3 is 3. The molecule has 0 bridgehead atoms. The van der Waals surface area contributed by atoms with Crippen LogP contribution in [0.5, 0.6) is 0 Å². The first-order chi connectivity index (χ1) is 11.6. The lowest BCUT2D eigenvalue weighted by Crippen LogP contribution is -2.45. The van der Waals surface area contributed by atoms with Crippen LogP contribution in [-0.4, -0.2) is 39.4 Å². The molecule has 25 heavy (non-hydrogen) atoms. The van der Waals surface area contributed by atoms with Crippen LogP contribution in [0.1, 0.15) is 64.7 Å². The molecule has 0 aliphatic heterocycles. The minimum atomic E-state index is -5.56. The third-order valence-corrected chi connectivity index (χ3v) is 4.48. The molecule has 0 saturated carbocycles. The van der Waals surface area contributed by atoms with Crippen molar-refractivity contribution in [1.82, 2.24) is 0 Å². The van der Waals surface area contributed by atoms with Gasteiger partial charge in [-0.3, -0.25) is 0 Å². The highest BCUT2D eigenvalue weighted by atomic mass is 19.4. The van der Waals surface area contributed by atoms with E-state index in [1.165, 1.54) is 21.3 Å². The van der Waals surface area contributed by atoms with Gasteiger partial charge in [-0.15, -0.1) is 0 Å². The van der Waals surface area contributed by atoms with Crippen LogP contribution in [-0.2, 0) is 14.2 Å². The van der Waals surface area contributed by atoms with Crippen molar-refractivity contribution in [3.8, 4) is 0 Å². The first kappa shape index (κ1) is 24.5. The summed E-state index contributed by atoms with van der Waals surface area (Å²) >= 11 is 0. The summed E-state index contributed by atoms with van der Waals surface area (Å²) in [6, 6.07) is 0. The minimum Gasteiger partial charge on any atom is -0.331 e. The molecule has 0 N–H and O–H groups in total. The van der Waals surface area contributed by atoms with Crippen molar-refractivity contribution in [3.05, 3.63) is 0 Å². The van der Waals surface area contributed by atoms with E-state index in [4.69, 9.17) is 14.2 Å². The van der Waals surface area contributed by atoms with E-state index in [0.29, 0.717) is 12.8 Å². The Morgan fingerprint density at radius 1 is 0.720 bits per heavy atom. The summed E-state index contributed by atoms with van der Waals surface area (Å²) in [7, 11) is 3.84. The summed E-state index contributed by atoms with van der Waals surface area (Å²) in [4.78, 5) is 0. The van der Waals surface area contributed by atoms with Gasteiger partial charge >= 0.3 is 12.1 Å². The standard InChI is InChI=1S/C17H31F5O3/c1-5-6-7-8-9-10-11-14(16(23-2,24-3)25-4)12-13-15(18,19)17(20,21)22/h14H,5-13H2,1-4H3. The van der Waals surface area contributed by atoms with Crippen LogP contribution < -0.4 is 0 Å². The van der Waals surface area contributed by atoms with E-state index < -0.39 is 36.8 Å². The SMILES string of the molecule is CCCCCCCCC(CCC(F)(F)C(F)(F)F)C(OC)(OC)OC. The van der Waals surface area contributed by atoms with E-state index in [1.54, 1.807) is 0 Å². The summed E-state index contributed by atoms with van der Waals surface area (Å²) in [5, 5.41) is 0. The van der Waals surface area contributed by atoms with Gasteiger partial charge in [0, 0.05) is 33.7 Å². The van der Waals surface area contributed by atoms with E-state index in [9.17, 15) is 22.0 Å². The normalized spacial score (nSPS) is 14.8. The molecule has 0 amide bonds. The lowest BCUT2D eigenvalue weighted by Gasteiger charge is -2.37. The van der Waals surface area contributed by atoms with Crippen molar-refractivity contribution in [2.24, 2.45) is 5.92 Å². The second-order valence-electron chi connectivity index (χ2n) is 6.21. The van der Waals surface area contributed by atoms with Gasteiger partial charge in [0.15, 0.2) is 0 Å². The molecule has 8 heteroatoms. The van der Waals surface area contributed by atoms with Crippen LogP contribution in [0.4, 0.5) is 22.0 Å².